The summed E-state index contributed by atoms with van der Waals surface area (Å²) < 4.78 is 0.433. The Hall–Kier alpha value is -1.32. The van der Waals surface area contributed by atoms with Gasteiger partial charge in [-0.3, -0.25) is 4.79 Å². The monoisotopic (exact) mass is 282 g/mol. The van der Waals surface area contributed by atoms with Crippen LogP contribution in [0.4, 0.5) is 0 Å². The van der Waals surface area contributed by atoms with E-state index >= 15 is 0 Å². The van der Waals surface area contributed by atoms with Crippen molar-refractivity contribution in [2.24, 2.45) is 0 Å². The summed E-state index contributed by atoms with van der Waals surface area (Å²) in [6, 6.07) is 10.6. The minimum absolute atomic E-state index is 0. The van der Waals surface area contributed by atoms with Crippen LogP contribution in [0.25, 0.3) is 0 Å². The van der Waals surface area contributed by atoms with Gasteiger partial charge in [-0.15, -0.1) is 0 Å². The molecule has 3 nitrogen and oxygen atoms in total. The van der Waals surface area contributed by atoms with Gasteiger partial charge in [-0.05, 0) is 0 Å². The quantitative estimate of drug-likeness (QED) is 0.438. The van der Waals surface area contributed by atoms with Gasteiger partial charge in [0.05, 0.1) is 14.1 Å². The number of benzene rings is 1. The predicted octanol–water partition coefficient (Wildman–Crippen LogP) is -0.175. The number of rotatable bonds is 6. The lowest BCUT2D eigenvalue weighted by molar-refractivity contribution is -0.954. The first-order chi connectivity index (χ1) is 8.51. The molecule has 1 atom stereocenters. The molecular weight excluding hydrogens is 260 g/mol. The van der Waals surface area contributed by atoms with Gasteiger partial charge in [0.15, 0.2) is 0 Å². The Balaban J connectivity index is 0.00000324. The van der Waals surface area contributed by atoms with Crippen molar-refractivity contribution in [3.05, 3.63) is 48.6 Å². The highest BCUT2D eigenvalue weighted by atomic mass is 35.5. The predicted molar refractivity (Wildman–Crippen MR) is 74.5 cm³/mol. The average molecular weight is 283 g/mol. The first-order valence-electron chi connectivity index (χ1n) is 6.34. The normalized spacial score (nSPS) is 12.2. The minimum Gasteiger partial charge on any atom is -1.00 e. The van der Waals surface area contributed by atoms with Crippen molar-refractivity contribution in [1.82, 2.24) is 5.43 Å². The van der Waals surface area contributed by atoms with Gasteiger partial charge < -0.3 is 12.4 Å². The van der Waals surface area contributed by atoms with Crippen molar-refractivity contribution in [3.63, 3.8) is 0 Å². The van der Waals surface area contributed by atoms with E-state index in [1.807, 2.05) is 32.3 Å². The molecule has 1 aromatic rings. The fraction of sp³-hybridized carbons (Fsp3) is 0.400. The van der Waals surface area contributed by atoms with Crippen LogP contribution in [0, 0.1) is 0 Å². The van der Waals surface area contributed by atoms with Gasteiger partial charge in [0.25, 0.3) is 5.91 Å². The third kappa shape index (κ3) is 5.05. The molecular formula is C15H23ClN2O. The van der Waals surface area contributed by atoms with Crippen LogP contribution in [0.2, 0.25) is 0 Å². The number of amides is 1. The topological polar surface area (TPSA) is 29.1 Å². The summed E-state index contributed by atoms with van der Waals surface area (Å²) in [6.45, 7) is 5.66. The Morgan fingerprint density at radius 2 is 1.95 bits per heavy atom. The lowest BCUT2D eigenvalue weighted by Gasteiger charge is -2.37. The number of hydrogen-bond donors (Lipinski definition) is 1. The van der Waals surface area contributed by atoms with Gasteiger partial charge in [-0.25, -0.2) is 4.59 Å². The molecule has 1 N–H and O–H groups in total. The molecule has 0 bridgehead atoms. The lowest BCUT2D eigenvalue weighted by Crippen LogP contribution is -3.00. The number of carbonyl (C=O) groups excluding carboxylic acids is 1. The fourth-order valence-electron chi connectivity index (χ4n) is 2.22. The van der Waals surface area contributed by atoms with Crippen LogP contribution in [-0.4, -0.2) is 24.6 Å². The van der Waals surface area contributed by atoms with E-state index in [-0.39, 0.29) is 24.4 Å². The molecule has 0 aliphatic rings. The molecule has 0 aliphatic carbocycles. The molecule has 1 rings (SSSR count). The van der Waals surface area contributed by atoms with E-state index in [4.69, 9.17) is 0 Å². The summed E-state index contributed by atoms with van der Waals surface area (Å²) in [5.74, 6) is -0.142. The van der Waals surface area contributed by atoms with E-state index in [0.717, 1.165) is 12.8 Å². The molecule has 0 aliphatic heterocycles. The van der Waals surface area contributed by atoms with Gasteiger partial charge >= 0.3 is 0 Å². The number of carbonyl (C=O) groups is 1. The van der Waals surface area contributed by atoms with Crippen LogP contribution in [0.1, 0.15) is 31.4 Å². The number of halogens is 1. The summed E-state index contributed by atoms with van der Waals surface area (Å²) in [5, 5.41) is 0. The zero-order valence-electron chi connectivity index (χ0n) is 11.9. The summed E-state index contributed by atoms with van der Waals surface area (Å²) in [7, 11) is 4.02. The summed E-state index contributed by atoms with van der Waals surface area (Å²) >= 11 is 0. The maximum atomic E-state index is 11.5. The fourth-order valence-corrected chi connectivity index (χ4v) is 2.22. The highest BCUT2D eigenvalue weighted by Crippen LogP contribution is 2.27. The van der Waals surface area contributed by atoms with Crippen LogP contribution in [0.3, 0.4) is 0 Å². The van der Waals surface area contributed by atoms with Crippen LogP contribution < -0.4 is 17.8 Å². The molecule has 0 heterocycles. The van der Waals surface area contributed by atoms with Gasteiger partial charge in [0, 0.05) is 18.1 Å². The molecule has 19 heavy (non-hydrogen) atoms. The number of quaternary nitrogens is 1. The highest BCUT2D eigenvalue weighted by Gasteiger charge is 2.30. The maximum absolute atomic E-state index is 11.5. The number of nitrogens with one attached hydrogen (secondary N) is 1. The second-order valence-corrected chi connectivity index (χ2v) is 4.94. The second kappa shape index (κ2) is 7.97. The number of nitrogens with zero attached hydrogens (tertiary/aromatic N) is 1. The Labute approximate surface area is 122 Å². The van der Waals surface area contributed by atoms with Gasteiger partial charge in [0.2, 0.25) is 0 Å². The summed E-state index contributed by atoms with van der Waals surface area (Å²) in [4.78, 5) is 11.5. The van der Waals surface area contributed by atoms with E-state index in [9.17, 15) is 4.79 Å². The Bertz CT molecular complexity index is 404. The summed E-state index contributed by atoms with van der Waals surface area (Å²) in [6.07, 6.45) is 3.41. The van der Waals surface area contributed by atoms with Gasteiger partial charge in [-0.1, -0.05) is 50.3 Å². The second-order valence-electron chi connectivity index (χ2n) is 4.94. The number of hydrogen-bond acceptors (Lipinski definition) is 1. The SMILES string of the molecule is C=CC(=O)N[N+](C)(C)C(CCC)c1ccccc1.[Cl-]. The van der Waals surface area contributed by atoms with Crippen molar-refractivity contribution >= 4 is 5.91 Å². The van der Waals surface area contributed by atoms with Crippen molar-refractivity contribution in [2.75, 3.05) is 14.1 Å². The lowest BCUT2D eigenvalue weighted by atomic mass is 10.0. The standard InChI is InChI=1S/C15H22N2O.ClH/c1-5-10-14(13-11-8-7-9-12-13)17(3,4)16-15(18)6-2;/h6-9,11-12,14H,2,5,10H2,1,3-4H3;1H. The van der Waals surface area contributed by atoms with Crippen LogP contribution in [-0.2, 0) is 4.79 Å². The molecule has 0 radical (unpaired) electrons. The maximum Gasteiger partial charge on any atom is 0.288 e. The largest absolute Gasteiger partial charge is 1.00 e. The van der Waals surface area contributed by atoms with E-state index in [0.29, 0.717) is 4.59 Å². The Kier molecular flexibility index (Phi) is 7.42. The molecule has 0 saturated heterocycles. The Morgan fingerprint density at radius 3 is 2.42 bits per heavy atom. The van der Waals surface area contributed by atoms with E-state index in [1.165, 1.54) is 11.6 Å². The molecule has 1 amide bonds. The van der Waals surface area contributed by atoms with Crippen molar-refractivity contribution in [1.29, 1.82) is 0 Å². The molecule has 0 fully saturated rings. The van der Waals surface area contributed by atoms with E-state index < -0.39 is 0 Å². The average Bonchev–Trinajstić information content (AvgIpc) is 2.36. The third-order valence-corrected chi connectivity index (χ3v) is 3.11. The van der Waals surface area contributed by atoms with Gasteiger partial charge in [-0.2, -0.15) is 5.43 Å². The summed E-state index contributed by atoms with van der Waals surface area (Å²) in [5.41, 5.74) is 4.21. The molecule has 0 saturated carbocycles. The zero-order valence-corrected chi connectivity index (χ0v) is 12.7. The van der Waals surface area contributed by atoms with Crippen molar-refractivity contribution in [3.8, 4) is 0 Å². The van der Waals surface area contributed by atoms with Crippen LogP contribution >= 0.6 is 0 Å². The molecule has 0 aromatic heterocycles. The van der Waals surface area contributed by atoms with Crippen molar-refractivity contribution < 1.29 is 21.8 Å². The highest BCUT2D eigenvalue weighted by molar-refractivity contribution is 5.85. The smallest absolute Gasteiger partial charge is 0.288 e. The minimum atomic E-state index is -0.142. The first kappa shape index (κ1) is 17.7. The molecule has 1 aromatic carbocycles. The third-order valence-electron chi connectivity index (χ3n) is 3.11. The zero-order chi connectivity index (χ0) is 13.6. The molecule has 106 valence electrons. The Morgan fingerprint density at radius 1 is 1.37 bits per heavy atom. The van der Waals surface area contributed by atoms with Crippen LogP contribution in [0.15, 0.2) is 43.0 Å². The van der Waals surface area contributed by atoms with E-state index in [1.54, 1.807) is 0 Å². The molecule has 0 spiro atoms. The van der Waals surface area contributed by atoms with Crippen molar-refractivity contribution in [2.45, 2.75) is 25.8 Å². The van der Waals surface area contributed by atoms with Gasteiger partial charge in [0.1, 0.15) is 6.04 Å². The van der Waals surface area contributed by atoms with Crippen LogP contribution in [0.5, 0.6) is 0 Å². The molecule has 4 heteroatoms. The van der Waals surface area contributed by atoms with E-state index in [2.05, 4.69) is 31.1 Å². The first-order valence-corrected chi connectivity index (χ1v) is 6.34. The molecule has 1 unspecified atom stereocenters.